The highest BCUT2D eigenvalue weighted by Crippen LogP contribution is 1.92. The number of hydrogen-bond acceptors (Lipinski definition) is 2. The van der Waals surface area contributed by atoms with Gasteiger partial charge in [-0.25, -0.2) is 4.79 Å². The molecule has 0 unspecified atom stereocenters. The Labute approximate surface area is 83.0 Å². The Hall–Kier alpha value is -0.590. The van der Waals surface area contributed by atoms with E-state index < -0.39 is 0 Å². The molecule has 12 heavy (non-hydrogen) atoms. The zero-order valence-electron chi connectivity index (χ0n) is 6.87. The Kier molecular flexibility index (Phi) is 2.71. The zero-order valence-corrected chi connectivity index (χ0v) is 9.03. The van der Waals surface area contributed by atoms with Crippen LogP contribution in [0.3, 0.4) is 0 Å². The highest BCUT2D eigenvalue weighted by molar-refractivity contribution is 14.1. The summed E-state index contributed by atoms with van der Waals surface area (Å²) < 4.78 is 3.19. The number of nitrogens with zero attached hydrogens (tertiary/aromatic N) is 2. The van der Waals surface area contributed by atoms with Gasteiger partial charge in [-0.05, 0) is 29.5 Å². The molecule has 1 heterocycles. The van der Waals surface area contributed by atoms with Crippen LogP contribution in [0.1, 0.15) is 6.92 Å². The topological polar surface area (TPSA) is 44.0 Å². The highest BCUT2D eigenvalue weighted by atomic mass is 127. The lowest BCUT2D eigenvalue weighted by atomic mass is 10.6. The highest BCUT2D eigenvalue weighted by Gasteiger charge is 2.03. The number of aryl methyl sites for hydroxylation is 1. The van der Waals surface area contributed by atoms with E-state index in [1.165, 1.54) is 11.6 Å². The van der Waals surface area contributed by atoms with Crippen LogP contribution < -0.4 is 11.2 Å². The third-order valence-electron chi connectivity index (χ3n) is 1.65. The largest absolute Gasteiger partial charge is 0.330 e. The Morgan fingerprint density at radius 3 is 2.58 bits per heavy atom. The fourth-order valence-electron chi connectivity index (χ4n) is 0.914. The van der Waals surface area contributed by atoms with Gasteiger partial charge in [0.05, 0.1) is 3.57 Å². The lowest BCUT2D eigenvalue weighted by Crippen LogP contribution is -2.38. The number of rotatable bonds is 1. The first-order valence-corrected chi connectivity index (χ1v) is 4.61. The summed E-state index contributed by atoms with van der Waals surface area (Å²) in [5, 5.41) is 0. The van der Waals surface area contributed by atoms with Gasteiger partial charge >= 0.3 is 5.69 Å². The summed E-state index contributed by atoms with van der Waals surface area (Å²) in [6.07, 6.45) is 1.57. The van der Waals surface area contributed by atoms with Gasteiger partial charge < -0.3 is 0 Å². The third-order valence-corrected chi connectivity index (χ3v) is 2.39. The lowest BCUT2D eigenvalue weighted by molar-refractivity contribution is 0.624. The Morgan fingerprint density at radius 1 is 1.50 bits per heavy atom. The van der Waals surface area contributed by atoms with E-state index in [0.29, 0.717) is 10.1 Å². The van der Waals surface area contributed by atoms with Gasteiger partial charge in [-0.15, -0.1) is 0 Å². The second-order valence-corrected chi connectivity index (χ2v) is 3.57. The fraction of sp³-hybridized carbons (Fsp3) is 0.429. The van der Waals surface area contributed by atoms with Crippen LogP contribution in [0, 0.1) is 3.57 Å². The van der Waals surface area contributed by atoms with Gasteiger partial charge in [0.2, 0.25) is 0 Å². The molecule has 0 aromatic carbocycles. The molecule has 5 heteroatoms. The maximum absolute atomic E-state index is 11.3. The maximum atomic E-state index is 11.3. The van der Waals surface area contributed by atoms with Gasteiger partial charge in [-0.2, -0.15) is 0 Å². The summed E-state index contributed by atoms with van der Waals surface area (Å²) >= 11 is 1.92. The van der Waals surface area contributed by atoms with Gasteiger partial charge in [0.1, 0.15) is 0 Å². The Morgan fingerprint density at radius 2 is 2.08 bits per heavy atom. The van der Waals surface area contributed by atoms with Gasteiger partial charge in [0.15, 0.2) is 0 Å². The molecule has 0 saturated heterocycles. The monoisotopic (exact) mass is 280 g/mol. The molecule has 0 atom stereocenters. The van der Waals surface area contributed by atoms with Crippen molar-refractivity contribution in [2.24, 2.45) is 7.05 Å². The van der Waals surface area contributed by atoms with Crippen LogP contribution in [0.4, 0.5) is 0 Å². The summed E-state index contributed by atoms with van der Waals surface area (Å²) in [7, 11) is 1.49. The quantitative estimate of drug-likeness (QED) is 0.688. The Bertz CT molecular complexity index is 405. The molecule has 66 valence electrons. The van der Waals surface area contributed by atoms with E-state index in [2.05, 4.69) is 0 Å². The predicted octanol–water partition coefficient (Wildman–Crippen LogP) is 0.171. The normalized spacial score (nSPS) is 10.2. The van der Waals surface area contributed by atoms with Crippen LogP contribution in [-0.2, 0) is 13.6 Å². The summed E-state index contributed by atoms with van der Waals surface area (Å²) in [5.74, 6) is 0. The molecule has 1 rings (SSSR count). The molecule has 0 N–H and O–H groups in total. The molecule has 0 radical (unpaired) electrons. The van der Waals surface area contributed by atoms with Crippen molar-refractivity contribution < 1.29 is 0 Å². The SMILES string of the molecule is CCn1cc(I)c(=O)n(C)c1=O. The van der Waals surface area contributed by atoms with E-state index >= 15 is 0 Å². The second-order valence-electron chi connectivity index (χ2n) is 2.41. The molecule has 1 aromatic heterocycles. The molecule has 1 aromatic rings. The molecule has 0 spiro atoms. The molecule has 4 nitrogen and oxygen atoms in total. The zero-order chi connectivity index (χ0) is 9.30. The molecule has 0 bridgehead atoms. The third kappa shape index (κ3) is 1.45. The first-order valence-electron chi connectivity index (χ1n) is 3.54. The minimum atomic E-state index is -0.261. The summed E-state index contributed by atoms with van der Waals surface area (Å²) in [6.45, 7) is 2.45. The van der Waals surface area contributed by atoms with Crippen molar-refractivity contribution in [1.29, 1.82) is 0 Å². The van der Waals surface area contributed by atoms with E-state index in [0.717, 1.165) is 4.57 Å². The van der Waals surface area contributed by atoms with E-state index in [-0.39, 0.29) is 11.2 Å². The van der Waals surface area contributed by atoms with Crippen molar-refractivity contribution in [1.82, 2.24) is 9.13 Å². The van der Waals surface area contributed by atoms with Gasteiger partial charge in [0, 0.05) is 19.8 Å². The van der Waals surface area contributed by atoms with Gasteiger partial charge in [-0.3, -0.25) is 13.9 Å². The van der Waals surface area contributed by atoms with E-state index in [1.54, 1.807) is 6.20 Å². The molecule has 0 saturated carbocycles. The minimum Gasteiger partial charge on any atom is -0.300 e. The smallest absolute Gasteiger partial charge is 0.300 e. The Balaban J connectivity index is 3.61. The van der Waals surface area contributed by atoms with Crippen molar-refractivity contribution in [3.05, 3.63) is 30.6 Å². The van der Waals surface area contributed by atoms with E-state index in [1.807, 2.05) is 29.5 Å². The van der Waals surface area contributed by atoms with Crippen LogP contribution in [0.25, 0.3) is 0 Å². The predicted molar refractivity (Wildman–Crippen MR) is 54.3 cm³/mol. The first-order chi connectivity index (χ1) is 5.57. The van der Waals surface area contributed by atoms with Crippen molar-refractivity contribution >= 4 is 22.6 Å². The minimum absolute atomic E-state index is 0.231. The lowest BCUT2D eigenvalue weighted by Gasteiger charge is -2.04. The van der Waals surface area contributed by atoms with Crippen LogP contribution in [0.2, 0.25) is 0 Å². The van der Waals surface area contributed by atoms with E-state index in [9.17, 15) is 9.59 Å². The molecule has 0 aliphatic rings. The standard InChI is InChI=1S/C7H9IN2O2/c1-3-10-4-5(8)6(11)9(2)7(10)12/h4H,3H2,1-2H3. The van der Waals surface area contributed by atoms with Crippen LogP contribution in [-0.4, -0.2) is 9.13 Å². The van der Waals surface area contributed by atoms with Crippen LogP contribution >= 0.6 is 22.6 Å². The fourth-order valence-corrected chi connectivity index (χ4v) is 1.61. The number of aromatic nitrogens is 2. The summed E-state index contributed by atoms with van der Waals surface area (Å²) in [6, 6.07) is 0. The summed E-state index contributed by atoms with van der Waals surface area (Å²) in [5.41, 5.74) is -0.492. The van der Waals surface area contributed by atoms with Crippen LogP contribution in [0.5, 0.6) is 0 Å². The average Bonchev–Trinajstić information content (AvgIpc) is 2.08. The van der Waals surface area contributed by atoms with Gasteiger partial charge in [-0.1, -0.05) is 0 Å². The molecular weight excluding hydrogens is 271 g/mol. The molecular formula is C7H9IN2O2. The van der Waals surface area contributed by atoms with E-state index in [4.69, 9.17) is 0 Å². The molecule has 0 amide bonds. The molecule has 0 aliphatic carbocycles. The molecule has 0 aliphatic heterocycles. The van der Waals surface area contributed by atoms with Gasteiger partial charge in [0.25, 0.3) is 5.56 Å². The van der Waals surface area contributed by atoms with Crippen molar-refractivity contribution in [3.63, 3.8) is 0 Å². The van der Waals surface area contributed by atoms with Crippen molar-refractivity contribution in [2.45, 2.75) is 13.5 Å². The average molecular weight is 280 g/mol. The number of halogens is 1. The summed E-state index contributed by atoms with van der Waals surface area (Å²) in [4.78, 5) is 22.5. The second kappa shape index (κ2) is 3.42. The van der Waals surface area contributed by atoms with Crippen molar-refractivity contribution in [3.8, 4) is 0 Å². The first kappa shape index (κ1) is 9.50. The van der Waals surface area contributed by atoms with Crippen LogP contribution in [0.15, 0.2) is 15.8 Å². The maximum Gasteiger partial charge on any atom is 0.330 e. The molecule has 0 fully saturated rings. The van der Waals surface area contributed by atoms with Crippen molar-refractivity contribution in [2.75, 3.05) is 0 Å². The number of hydrogen-bond donors (Lipinski definition) is 0.